The maximum Gasteiger partial charge on any atom is 0.224 e. The summed E-state index contributed by atoms with van der Waals surface area (Å²) in [5, 5.41) is 3.99. The topological polar surface area (TPSA) is 51.5 Å². The molecule has 26 heavy (non-hydrogen) atoms. The Hall–Kier alpha value is -2.75. The number of nitrogens with one attached hydrogen (secondary N) is 1. The average Bonchev–Trinajstić information content (AvgIpc) is 3.01. The smallest absolute Gasteiger partial charge is 0.224 e. The van der Waals surface area contributed by atoms with Gasteiger partial charge in [-0.3, -0.25) is 4.79 Å². The maximum absolute atomic E-state index is 12.4. The first kappa shape index (κ1) is 18.1. The number of hydrogen-bond donors (Lipinski definition) is 1. The van der Waals surface area contributed by atoms with E-state index in [0.717, 1.165) is 27.8 Å². The molecule has 136 valence electrons. The number of fused-ring (bicyclic) bond motifs is 1. The summed E-state index contributed by atoms with van der Waals surface area (Å²) in [7, 11) is 1.64. The number of carbonyl (C=O) groups excluding carboxylic acids is 1. The molecule has 0 aliphatic rings. The van der Waals surface area contributed by atoms with Crippen molar-refractivity contribution in [3.05, 3.63) is 64.9 Å². The third-order valence-corrected chi connectivity index (χ3v) is 4.66. The first-order valence-electron chi connectivity index (χ1n) is 8.88. The van der Waals surface area contributed by atoms with Crippen LogP contribution >= 0.6 is 0 Å². The Balaban J connectivity index is 1.69. The van der Waals surface area contributed by atoms with Gasteiger partial charge in [0, 0.05) is 17.5 Å². The van der Waals surface area contributed by atoms with Crippen LogP contribution < -0.4 is 10.1 Å². The molecule has 0 aliphatic heterocycles. The highest BCUT2D eigenvalue weighted by molar-refractivity contribution is 5.88. The number of hydrogen-bond acceptors (Lipinski definition) is 3. The zero-order chi connectivity index (χ0) is 18.7. The lowest BCUT2D eigenvalue weighted by molar-refractivity contribution is -0.120. The molecule has 3 aromatic rings. The van der Waals surface area contributed by atoms with Crippen LogP contribution in [0.25, 0.3) is 11.0 Å². The van der Waals surface area contributed by atoms with Gasteiger partial charge in [-0.1, -0.05) is 26.0 Å². The predicted molar refractivity (Wildman–Crippen MR) is 104 cm³/mol. The molecule has 2 aromatic carbocycles. The molecule has 4 heteroatoms. The summed E-state index contributed by atoms with van der Waals surface area (Å²) in [6, 6.07) is 11.9. The fourth-order valence-corrected chi connectivity index (χ4v) is 3.18. The molecular weight excluding hydrogens is 326 g/mol. The number of carbonyl (C=O) groups is 1. The molecule has 0 saturated heterocycles. The van der Waals surface area contributed by atoms with Crippen molar-refractivity contribution in [3.63, 3.8) is 0 Å². The zero-order valence-electron chi connectivity index (χ0n) is 15.8. The summed E-state index contributed by atoms with van der Waals surface area (Å²) in [6.45, 7) is 6.94. The van der Waals surface area contributed by atoms with Crippen LogP contribution in [-0.2, 0) is 17.8 Å². The molecule has 1 aromatic heterocycles. The zero-order valence-corrected chi connectivity index (χ0v) is 15.8. The minimum absolute atomic E-state index is 0.0183. The Morgan fingerprint density at radius 2 is 1.92 bits per heavy atom. The van der Waals surface area contributed by atoms with Gasteiger partial charge in [0.1, 0.15) is 11.3 Å². The van der Waals surface area contributed by atoms with E-state index < -0.39 is 0 Å². The van der Waals surface area contributed by atoms with Gasteiger partial charge in [0.05, 0.1) is 19.8 Å². The number of rotatable bonds is 6. The average molecular weight is 351 g/mol. The highest BCUT2D eigenvalue weighted by Gasteiger charge is 2.14. The summed E-state index contributed by atoms with van der Waals surface area (Å²) in [6.07, 6.45) is 2.00. The van der Waals surface area contributed by atoms with E-state index in [1.54, 1.807) is 13.4 Å². The fraction of sp³-hybridized carbons (Fsp3) is 0.318. The molecule has 3 rings (SSSR count). The van der Waals surface area contributed by atoms with Crippen molar-refractivity contribution in [1.29, 1.82) is 0 Å². The Morgan fingerprint density at radius 3 is 2.58 bits per heavy atom. The number of furan rings is 1. The Morgan fingerprint density at radius 1 is 1.19 bits per heavy atom. The molecule has 1 heterocycles. The number of aryl methyl sites for hydroxylation is 1. The lowest BCUT2D eigenvalue weighted by atomic mass is 9.95. The van der Waals surface area contributed by atoms with Crippen LogP contribution in [0.3, 0.4) is 0 Å². The van der Waals surface area contributed by atoms with Crippen LogP contribution in [0.15, 0.2) is 47.1 Å². The molecule has 0 atom stereocenters. The van der Waals surface area contributed by atoms with Crippen molar-refractivity contribution in [2.24, 2.45) is 0 Å². The van der Waals surface area contributed by atoms with Gasteiger partial charge in [0.25, 0.3) is 0 Å². The highest BCUT2D eigenvalue weighted by atomic mass is 16.5. The quantitative estimate of drug-likeness (QED) is 0.698. The minimum Gasteiger partial charge on any atom is -0.497 e. The summed E-state index contributed by atoms with van der Waals surface area (Å²) < 4.78 is 10.8. The first-order valence-corrected chi connectivity index (χ1v) is 8.88. The molecule has 0 spiro atoms. The van der Waals surface area contributed by atoms with Crippen molar-refractivity contribution < 1.29 is 13.9 Å². The number of amides is 1. The molecule has 0 radical (unpaired) electrons. The van der Waals surface area contributed by atoms with E-state index in [-0.39, 0.29) is 5.91 Å². The van der Waals surface area contributed by atoms with Gasteiger partial charge in [-0.15, -0.1) is 0 Å². The lowest BCUT2D eigenvalue weighted by Gasteiger charge is -2.10. The largest absolute Gasteiger partial charge is 0.497 e. The molecule has 0 aliphatic carbocycles. The molecule has 0 fully saturated rings. The van der Waals surface area contributed by atoms with Crippen molar-refractivity contribution in [3.8, 4) is 5.75 Å². The molecule has 1 N–H and O–H groups in total. The monoisotopic (exact) mass is 351 g/mol. The van der Waals surface area contributed by atoms with Gasteiger partial charge in [-0.25, -0.2) is 0 Å². The first-order chi connectivity index (χ1) is 12.5. The molecule has 1 amide bonds. The van der Waals surface area contributed by atoms with E-state index in [1.807, 2.05) is 24.3 Å². The Kier molecular flexibility index (Phi) is 5.31. The van der Waals surface area contributed by atoms with Gasteiger partial charge >= 0.3 is 0 Å². The second kappa shape index (κ2) is 7.65. The highest BCUT2D eigenvalue weighted by Crippen LogP contribution is 2.29. The third kappa shape index (κ3) is 3.90. The van der Waals surface area contributed by atoms with Crippen LogP contribution in [0.1, 0.15) is 42.0 Å². The number of benzene rings is 2. The second-order valence-electron chi connectivity index (χ2n) is 6.92. The number of methoxy groups -OCH3 is 1. The fourth-order valence-electron chi connectivity index (χ4n) is 3.18. The van der Waals surface area contributed by atoms with Gasteiger partial charge in [-0.05, 0) is 53.8 Å². The summed E-state index contributed by atoms with van der Waals surface area (Å²) in [4.78, 5) is 12.4. The van der Waals surface area contributed by atoms with Crippen molar-refractivity contribution >= 4 is 16.9 Å². The maximum atomic E-state index is 12.4. The van der Waals surface area contributed by atoms with Crippen molar-refractivity contribution in [2.75, 3.05) is 7.11 Å². The second-order valence-corrected chi connectivity index (χ2v) is 6.92. The number of ether oxygens (including phenoxy) is 1. The predicted octanol–water partition coefficient (Wildman–Crippen LogP) is 4.73. The van der Waals surface area contributed by atoms with Crippen molar-refractivity contribution in [1.82, 2.24) is 5.32 Å². The van der Waals surface area contributed by atoms with Gasteiger partial charge in [-0.2, -0.15) is 0 Å². The van der Waals surface area contributed by atoms with Gasteiger partial charge < -0.3 is 14.5 Å². The third-order valence-electron chi connectivity index (χ3n) is 4.66. The molecule has 0 unspecified atom stereocenters. The molecule has 0 saturated carbocycles. The van der Waals surface area contributed by atoms with Crippen molar-refractivity contribution in [2.45, 2.75) is 39.7 Å². The summed E-state index contributed by atoms with van der Waals surface area (Å²) >= 11 is 0. The minimum atomic E-state index is -0.0183. The summed E-state index contributed by atoms with van der Waals surface area (Å²) in [5.74, 6) is 1.22. The lowest BCUT2D eigenvalue weighted by Crippen LogP contribution is -2.24. The molecule has 0 bridgehead atoms. The summed E-state index contributed by atoms with van der Waals surface area (Å²) in [5.41, 5.74) is 5.31. The van der Waals surface area contributed by atoms with Gasteiger partial charge in [0.2, 0.25) is 5.91 Å². The van der Waals surface area contributed by atoms with Crippen LogP contribution in [0.4, 0.5) is 0 Å². The van der Waals surface area contributed by atoms with E-state index in [9.17, 15) is 4.79 Å². The van der Waals surface area contributed by atoms with Crippen LogP contribution in [0, 0.1) is 6.92 Å². The van der Waals surface area contributed by atoms with E-state index in [1.165, 1.54) is 11.1 Å². The van der Waals surface area contributed by atoms with E-state index in [0.29, 0.717) is 18.9 Å². The molecular formula is C22H25NO3. The van der Waals surface area contributed by atoms with E-state index in [2.05, 4.69) is 38.2 Å². The Labute approximate surface area is 154 Å². The Bertz CT molecular complexity index is 907. The standard InChI is InChI=1S/C22H25NO3/c1-14(2)19-11-20-17(13-26-21(20)9-15(19)3)10-22(24)23-12-16-5-7-18(25-4)8-6-16/h5-9,11,13-14H,10,12H2,1-4H3,(H,23,24). The van der Waals surface area contributed by atoms with Gasteiger partial charge in [0.15, 0.2) is 0 Å². The van der Waals surface area contributed by atoms with E-state index >= 15 is 0 Å². The van der Waals surface area contributed by atoms with Crippen LogP contribution in [0.5, 0.6) is 5.75 Å². The SMILES string of the molecule is COc1ccc(CNC(=O)Cc2coc3cc(C)c(C(C)C)cc23)cc1. The van der Waals surface area contributed by atoms with Crippen LogP contribution in [0.2, 0.25) is 0 Å². The van der Waals surface area contributed by atoms with Crippen LogP contribution in [-0.4, -0.2) is 13.0 Å². The molecule has 4 nitrogen and oxygen atoms in total. The normalized spacial score (nSPS) is 11.1. The van der Waals surface area contributed by atoms with E-state index in [4.69, 9.17) is 9.15 Å².